The van der Waals surface area contributed by atoms with Crippen molar-refractivity contribution >= 4 is 35.1 Å². The molecule has 0 aliphatic carbocycles. The van der Waals surface area contributed by atoms with Crippen molar-refractivity contribution in [3.63, 3.8) is 0 Å². The second-order valence-electron chi connectivity index (χ2n) is 15.3. The van der Waals surface area contributed by atoms with E-state index in [2.05, 4.69) is 38.3 Å². The summed E-state index contributed by atoms with van der Waals surface area (Å²) in [7, 11) is 0. The SMILES string of the molecule is CCC(C)COc1cc(-c2ccc(C(=O)Nc3ccc(C(=O)O)c(OC(C)CC)c3)c(OCCC(C)C)c2)ccc1C(=O)Nc1ccc(C(=O)O)cc1OCc1ccccc1. The summed E-state index contributed by atoms with van der Waals surface area (Å²) in [6, 6.07) is 28.5. The number of amides is 2. The molecular weight excluding hydrogens is 777 g/mol. The zero-order valence-corrected chi connectivity index (χ0v) is 35.5. The van der Waals surface area contributed by atoms with Gasteiger partial charge in [0, 0.05) is 11.8 Å². The Bertz CT molecular complexity index is 2320. The first-order chi connectivity index (χ1) is 29.3. The fraction of sp³-hybridized carbons (Fsp3) is 0.306. The first-order valence-electron chi connectivity index (χ1n) is 20.5. The summed E-state index contributed by atoms with van der Waals surface area (Å²) in [6.45, 7) is 12.9. The third kappa shape index (κ3) is 12.6. The minimum absolute atomic E-state index is 0.00857. The lowest BCUT2D eigenvalue weighted by Gasteiger charge is -2.18. The normalized spacial score (nSPS) is 11.9. The van der Waals surface area contributed by atoms with Gasteiger partial charge in [0.15, 0.2) is 0 Å². The van der Waals surface area contributed by atoms with Gasteiger partial charge in [-0.3, -0.25) is 9.59 Å². The Morgan fingerprint density at radius 2 is 1.25 bits per heavy atom. The van der Waals surface area contributed by atoms with E-state index < -0.39 is 23.8 Å². The van der Waals surface area contributed by atoms with Crippen molar-refractivity contribution in [2.45, 2.75) is 73.5 Å². The van der Waals surface area contributed by atoms with Gasteiger partial charge in [-0.25, -0.2) is 9.59 Å². The Morgan fingerprint density at radius 1 is 0.607 bits per heavy atom. The first kappa shape index (κ1) is 45.3. The smallest absolute Gasteiger partial charge is 0.339 e. The highest BCUT2D eigenvalue weighted by Crippen LogP contribution is 2.35. The van der Waals surface area contributed by atoms with Gasteiger partial charge in [-0.15, -0.1) is 0 Å². The molecule has 12 heteroatoms. The average Bonchev–Trinajstić information content (AvgIpc) is 3.25. The van der Waals surface area contributed by atoms with Gasteiger partial charge in [-0.05, 0) is 103 Å². The van der Waals surface area contributed by atoms with Gasteiger partial charge in [0.25, 0.3) is 11.8 Å². The minimum atomic E-state index is -1.14. The van der Waals surface area contributed by atoms with Crippen molar-refractivity contribution in [2.75, 3.05) is 23.8 Å². The van der Waals surface area contributed by atoms with E-state index in [-0.39, 0.29) is 58.1 Å². The number of nitrogens with one attached hydrogen (secondary N) is 2. The molecule has 5 aromatic carbocycles. The molecule has 5 rings (SSSR count). The topological polar surface area (TPSA) is 170 Å². The predicted molar refractivity (Wildman–Crippen MR) is 236 cm³/mol. The van der Waals surface area contributed by atoms with Crippen LogP contribution in [-0.4, -0.2) is 53.3 Å². The molecule has 0 heterocycles. The molecule has 2 unspecified atom stereocenters. The molecule has 4 N–H and O–H groups in total. The maximum atomic E-state index is 14.0. The van der Waals surface area contributed by atoms with Crippen LogP contribution >= 0.6 is 0 Å². The molecule has 0 aromatic heterocycles. The van der Waals surface area contributed by atoms with E-state index in [0.717, 1.165) is 18.4 Å². The van der Waals surface area contributed by atoms with Gasteiger partial charge in [0.1, 0.15) is 35.2 Å². The Labute approximate surface area is 356 Å². The molecule has 2 atom stereocenters. The summed E-state index contributed by atoms with van der Waals surface area (Å²) in [5, 5.41) is 25.2. The van der Waals surface area contributed by atoms with E-state index in [1.807, 2.05) is 44.2 Å². The Morgan fingerprint density at radius 3 is 1.85 bits per heavy atom. The summed E-state index contributed by atoms with van der Waals surface area (Å²) in [6.07, 6.45) is 2.03. The lowest BCUT2D eigenvalue weighted by atomic mass is 10.00. The Kier molecular flexibility index (Phi) is 15.9. The lowest BCUT2D eigenvalue weighted by Crippen LogP contribution is -2.17. The number of hydrogen-bond acceptors (Lipinski definition) is 8. The van der Waals surface area contributed by atoms with Crippen LogP contribution in [0.25, 0.3) is 11.1 Å². The quantitative estimate of drug-likeness (QED) is 0.0558. The summed E-state index contributed by atoms with van der Waals surface area (Å²) >= 11 is 0. The molecule has 12 nitrogen and oxygen atoms in total. The zero-order chi connectivity index (χ0) is 44.1. The second kappa shape index (κ2) is 21.4. The lowest BCUT2D eigenvalue weighted by molar-refractivity contribution is 0.0681. The highest BCUT2D eigenvalue weighted by atomic mass is 16.5. The maximum Gasteiger partial charge on any atom is 0.339 e. The number of benzene rings is 5. The van der Waals surface area contributed by atoms with Crippen molar-refractivity contribution in [1.82, 2.24) is 0 Å². The fourth-order valence-corrected chi connectivity index (χ4v) is 5.95. The largest absolute Gasteiger partial charge is 0.493 e. The van der Waals surface area contributed by atoms with Gasteiger partial charge in [-0.1, -0.05) is 83.5 Å². The van der Waals surface area contributed by atoms with Crippen LogP contribution < -0.4 is 29.6 Å². The number of hydrogen-bond donors (Lipinski definition) is 4. The van der Waals surface area contributed by atoms with E-state index in [0.29, 0.717) is 53.9 Å². The van der Waals surface area contributed by atoms with Crippen LogP contribution in [-0.2, 0) is 6.61 Å². The molecule has 320 valence electrons. The average molecular weight is 831 g/mol. The highest BCUT2D eigenvalue weighted by molar-refractivity contribution is 6.08. The first-order valence-corrected chi connectivity index (χ1v) is 20.5. The molecule has 0 fully saturated rings. The van der Waals surface area contributed by atoms with Crippen molar-refractivity contribution in [3.8, 4) is 34.1 Å². The zero-order valence-electron chi connectivity index (χ0n) is 35.5. The number of carbonyl (C=O) groups is 4. The monoisotopic (exact) mass is 830 g/mol. The maximum absolute atomic E-state index is 14.0. The molecule has 2 amide bonds. The van der Waals surface area contributed by atoms with E-state index in [1.54, 1.807) is 36.4 Å². The number of anilines is 2. The standard InChI is InChI=1S/C49H54N2O10/c1-7-31(5)28-59-43-25-35(15-19-39(43)47(53)51-41-21-16-36(48(54)55)26-45(41)60-29-33-12-10-9-11-13-33)34-14-18-38(42(24-34)58-23-22-30(3)4)46(52)50-37-17-20-40(49(56)57)44(27-37)61-32(6)8-2/h9-21,24-27,30-32H,7-8,22-23,28-29H2,1-6H3,(H,50,52)(H,51,53)(H,54,55)(H,56,57). The minimum Gasteiger partial charge on any atom is -0.493 e. The molecule has 0 aliphatic rings. The molecule has 0 aliphatic heterocycles. The summed E-state index contributed by atoms with van der Waals surface area (Å²) in [5.74, 6) is -1.66. The van der Waals surface area contributed by atoms with Crippen LogP contribution in [0.4, 0.5) is 11.4 Å². The van der Waals surface area contributed by atoms with Crippen molar-refractivity contribution in [3.05, 3.63) is 131 Å². The fourth-order valence-electron chi connectivity index (χ4n) is 5.95. The summed E-state index contributed by atoms with van der Waals surface area (Å²) in [5.41, 5.74) is 3.43. The Balaban J connectivity index is 1.46. The number of carbonyl (C=O) groups excluding carboxylic acids is 2. The second-order valence-corrected chi connectivity index (χ2v) is 15.3. The molecule has 0 bridgehead atoms. The summed E-state index contributed by atoms with van der Waals surface area (Å²) in [4.78, 5) is 51.6. The summed E-state index contributed by atoms with van der Waals surface area (Å²) < 4.78 is 24.4. The third-order valence-electron chi connectivity index (χ3n) is 10.0. The van der Waals surface area contributed by atoms with Crippen LogP contribution in [0.5, 0.6) is 23.0 Å². The molecule has 61 heavy (non-hydrogen) atoms. The van der Waals surface area contributed by atoms with Crippen molar-refractivity contribution in [2.24, 2.45) is 11.8 Å². The van der Waals surface area contributed by atoms with E-state index in [4.69, 9.17) is 18.9 Å². The Hall–Kier alpha value is -6.82. The van der Waals surface area contributed by atoms with Crippen LogP contribution in [0.15, 0.2) is 103 Å². The molecular formula is C49H54N2O10. The third-order valence-corrected chi connectivity index (χ3v) is 10.0. The molecule has 0 spiro atoms. The number of carboxylic acids is 2. The van der Waals surface area contributed by atoms with Crippen molar-refractivity contribution in [1.29, 1.82) is 0 Å². The molecule has 0 radical (unpaired) electrons. The van der Waals surface area contributed by atoms with Crippen LogP contribution in [0.2, 0.25) is 0 Å². The number of rotatable bonds is 21. The van der Waals surface area contributed by atoms with Gasteiger partial charge >= 0.3 is 11.9 Å². The number of carboxylic acid groups (broad SMARTS) is 2. The predicted octanol–water partition coefficient (Wildman–Crippen LogP) is 10.9. The van der Waals surface area contributed by atoms with Crippen LogP contribution in [0.1, 0.15) is 108 Å². The van der Waals surface area contributed by atoms with Gasteiger partial charge in [0.05, 0.1) is 41.7 Å². The number of ether oxygens (including phenoxy) is 4. The number of aromatic carboxylic acids is 2. The molecule has 0 saturated carbocycles. The highest BCUT2D eigenvalue weighted by Gasteiger charge is 2.21. The van der Waals surface area contributed by atoms with E-state index in [1.165, 1.54) is 36.4 Å². The van der Waals surface area contributed by atoms with Gasteiger partial charge in [-0.2, -0.15) is 0 Å². The van der Waals surface area contributed by atoms with E-state index in [9.17, 15) is 29.4 Å². The van der Waals surface area contributed by atoms with Crippen molar-refractivity contribution < 1.29 is 48.3 Å². The van der Waals surface area contributed by atoms with Gasteiger partial charge < -0.3 is 39.8 Å². The van der Waals surface area contributed by atoms with Gasteiger partial charge in [0.2, 0.25) is 0 Å². The van der Waals surface area contributed by atoms with Crippen LogP contribution in [0, 0.1) is 11.8 Å². The molecule has 5 aromatic rings. The molecule has 0 saturated heterocycles. The van der Waals surface area contributed by atoms with Crippen LogP contribution in [0.3, 0.4) is 0 Å². The van der Waals surface area contributed by atoms with E-state index >= 15 is 0 Å².